The fourth-order valence-electron chi connectivity index (χ4n) is 2.93. The Bertz CT molecular complexity index is 1240. The van der Waals surface area contributed by atoms with Crippen molar-refractivity contribution in [3.8, 4) is 0 Å². The van der Waals surface area contributed by atoms with Crippen LogP contribution in [0.25, 0.3) is 21.8 Å². The van der Waals surface area contributed by atoms with E-state index in [2.05, 4.69) is 20.3 Å². The van der Waals surface area contributed by atoms with Gasteiger partial charge in [-0.05, 0) is 37.3 Å². The molecule has 4 aromatic rings. The number of nitrogens with one attached hydrogen (secondary N) is 1. The number of hydrogen-bond donors (Lipinski definition) is 1. The highest BCUT2D eigenvalue weighted by atomic mass is 32.2. The first-order chi connectivity index (χ1) is 14.3. The number of thioether (sulfide) groups is 1. The standard InChI is InChI=1S/C21H15F3N4OS/c1-12(18(29)26-16-10-4-9-15-13(16)7-5-11-25-15)30-19-14-6-2-3-8-17(14)27-20(28-19)21(22,23)24/h2-12H,1H3,(H,26,29). The smallest absolute Gasteiger partial charge is 0.324 e. The fourth-order valence-corrected chi connectivity index (χ4v) is 3.87. The van der Waals surface area contributed by atoms with Crippen molar-refractivity contribution in [1.29, 1.82) is 0 Å². The second kappa shape index (κ2) is 7.91. The van der Waals surface area contributed by atoms with E-state index in [1.807, 2.05) is 12.1 Å². The quantitative estimate of drug-likeness (QED) is 0.352. The lowest BCUT2D eigenvalue weighted by molar-refractivity contribution is -0.145. The highest BCUT2D eigenvalue weighted by Crippen LogP contribution is 2.34. The molecule has 0 saturated heterocycles. The third-order valence-corrected chi connectivity index (χ3v) is 5.49. The molecule has 0 saturated carbocycles. The van der Waals surface area contributed by atoms with Crippen molar-refractivity contribution >= 4 is 45.2 Å². The number of carbonyl (C=O) groups excluding carboxylic acids is 1. The number of nitrogens with zero attached hydrogens (tertiary/aromatic N) is 3. The zero-order chi connectivity index (χ0) is 21.3. The maximum absolute atomic E-state index is 13.2. The summed E-state index contributed by atoms with van der Waals surface area (Å²) in [7, 11) is 0. The van der Waals surface area contributed by atoms with Gasteiger partial charge in [-0.15, -0.1) is 0 Å². The van der Waals surface area contributed by atoms with E-state index in [0.717, 1.165) is 22.7 Å². The van der Waals surface area contributed by atoms with E-state index in [9.17, 15) is 18.0 Å². The molecule has 0 aliphatic heterocycles. The molecule has 0 radical (unpaired) electrons. The lowest BCUT2D eigenvalue weighted by atomic mass is 10.2. The lowest BCUT2D eigenvalue weighted by Gasteiger charge is -2.15. The van der Waals surface area contributed by atoms with Gasteiger partial charge in [0.1, 0.15) is 5.03 Å². The molecule has 0 bridgehead atoms. The van der Waals surface area contributed by atoms with Gasteiger partial charge in [0.2, 0.25) is 11.7 Å². The van der Waals surface area contributed by atoms with Gasteiger partial charge in [0, 0.05) is 17.0 Å². The number of hydrogen-bond acceptors (Lipinski definition) is 5. The zero-order valence-corrected chi connectivity index (χ0v) is 16.5. The minimum atomic E-state index is -4.68. The molecule has 0 aliphatic carbocycles. The van der Waals surface area contributed by atoms with Crippen molar-refractivity contribution < 1.29 is 18.0 Å². The molecule has 5 nitrogen and oxygen atoms in total. The minimum absolute atomic E-state index is 0.107. The van der Waals surface area contributed by atoms with E-state index in [-0.39, 0.29) is 16.4 Å². The van der Waals surface area contributed by atoms with Gasteiger partial charge >= 0.3 is 6.18 Å². The average molecular weight is 428 g/mol. The monoisotopic (exact) mass is 428 g/mol. The summed E-state index contributed by atoms with van der Waals surface area (Å²) >= 11 is 0.957. The van der Waals surface area contributed by atoms with Gasteiger partial charge in [-0.2, -0.15) is 13.2 Å². The molecule has 0 aliphatic rings. The summed E-state index contributed by atoms with van der Waals surface area (Å²) in [4.78, 5) is 24.3. The van der Waals surface area contributed by atoms with Crippen LogP contribution in [0.1, 0.15) is 12.7 Å². The number of amides is 1. The van der Waals surface area contributed by atoms with Gasteiger partial charge in [-0.3, -0.25) is 9.78 Å². The molecule has 4 rings (SSSR count). The summed E-state index contributed by atoms with van der Waals surface area (Å²) < 4.78 is 39.6. The maximum Gasteiger partial charge on any atom is 0.451 e. The van der Waals surface area contributed by atoms with Gasteiger partial charge in [0.05, 0.1) is 22.0 Å². The number of fused-ring (bicyclic) bond motifs is 2. The minimum Gasteiger partial charge on any atom is -0.324 e. The van der Waals surface area contributed by atoms with Gasteiger partial charge in [-0.1, -0.05) is 36.0 Å². The molecule has 152 valence electrons. The SMILES string of the molecule is CC(Sc1nc(C(F)(F)F)nc2ccccc12)C(=O)Nc1cccc2ncccc12. The van der Waals surface area contributed by atoms with Crippen molar-refractivity contribution in [2.45, 2.75) is 23.4 Å². The molecule has 1 N–H and O–H groups in total. The Hall–Kier alpha value is -3.20. The third-order valence-electron chi connectivity index (χ3n) is 4.38. The molecular weight excluding hydrogens is 413 g/mol. The molecule has 0 fully saturated rings. The molecule has 9 heteroatoms. The number of anilines is 1. The molecule has 0 spiro atoms. The molecule has 2 aromatic carbocycles. The highest BCUT2D eigenvalue weighted by Gasteiger charge is 2.36. The molecule has 1 atom stereocenters. The zero-order valence-electron chi connectivity index (χ0n) is 15.6. The van der Waals surface area contributed by atoms with Crippen LogP contribution in [0.3, 0.4) is 0 Å². The first-order valence-corrected chi connectivity index (χ1v) is 9.86. The van der Waals surface area contributed by atoms with Crippen LogP contribution >= 0.6 is 11.8 Å². The first-order valence-electron chi connectivity index (χ1n) is 8.98. The summed E-state index contributed by atoms with van der Waals surface area (Å²) in [6, 6.07) is 15.4. The summed E-state index contributed by atoms with van der Waals surface area (Å²) in [6.45, 7) is 1.62. The number of para-hydroxylation sites is 1. The van der Waals surface area contributed by atoms with Crippen LogP contribution in [0.5, 0.6) is 0 Å². The molecule has 1 unspecified atom stereocenters. The van der Waals surface area contributed by atoms with Crippen LogP contribution in [-0.4, -0.2) is 26.1 Å². The van der Waals surface area contributed by atoms with E-state index >= 15 is 0 Å². The first kappa shape index (κ1) is 20.1. The Labute approximate surface area is 173 Å². The predicted molar refractivity (Wildman–Crippen MR) is 110 cm³/mol. The Balaban J connectivity index is 1.62. The van der Waals surface area contributed by atoms with Crippen molar-refractivity contribution in [3.63, 3.8) is 0 Å². The Morgan fingerprint density at radius 2 is 1.70 bits per heavy atom. The molecule has 2 heterocycles. The van der Waals surface area contributed by atoms with E-state index in [4.69, 9.17) is 0 Å². The topological polar surface area (TPSA) is 67.8 Å². The predicted octanol–water partition coefficient (Wildman–Crippen LogP) is 5.32. The van der Waals surface area contributed by atoms with Crippen LogP contribution in [0.4, 0.5) is 18.9 Å². The van der Waals surface area contributed by atoms with Crippen molar-refractivity contribution in [3.05, 3.63) is 66.6 Å². The number of carbonyl (C=O) groups is 1. The molecule has 2 aromatic heterocycles. The number of benzene rings is 2. The van der Waals surface area contributed by atoms with Crippen LogP contribution < -0.4 is 5.32 Å². The van der Waals surface area contributed by atoms with E-state index < -0.39 is 17.3 Å². The Morgan fingerprint density at radius 3 is 2.50 bits per heavy atom. The largest absolute Gasteiger partial charge is 0.451 e. The second-order valence-corrected chi connectivity index (χ2v) is 7.82. The average Bonchev–Trinajstić information content (AvgIpc) is 2.73. The van der Waals surface area contributed by atoms with E-state index in [0.29, 0.717) is 11.1 Å². The lowest BCUT2D eigenvalue weighted by Crippen LogP contribution is -2.23. The van der Waals surface area contributed by atoms with E-state index in [1.54, 1.807) is 49.5 Å². The summed E-state index contributed by atoms with van der Waals surface area (Å²) in [5.41, 5.74) is 1.49. The number of rotatable bonds is 4. The van der Waals surface area contributed by atoms with Gasteiger partial charge < -0.3 is 5.32 Å². The summed E-state index contributed by atoms with van der Waals surface area (Å²) in [6.07, 6.45) is -3.02. The van der Waals surface area contributed by atoms with Crippen LogP contribution in [-0.2, 0) is 11.0 Å². The van der Waals surface area contributed by atoms with E-state index in [1.165, 1.54) is 6.07 Å². The fraction of sp³-hybridized carbons (Fsp3) is 0.143. The van der Waals surface area contributed by atoms with Crippen molar-refractivity contribution in [2.75, 3.05) is 5.32 Å². The van der Waals surface area contributed by atoms with Gasteiger partial charge in [-0.25, -0.2) is 9.97 Å². The van der Waals surface area contributed by atoms with Crippen LogP contribution in [0.15, 0.2) is 65.8 Å². The molecular formula is C21H15F3N4OS. The van der Waals surface area contributed by atoms with Crippen molar-refractivity contribution in [2.24, 2.45) is 0 Å². The Morgan fingerprint density at radius 1 is 0.967 bits per heavy atom. The van der Waals surface area contributed by atoms with Gasteiger partial charge in [0.15, 0.2) is 0 Å². The second-order valence-electron chi connectivity index (χ2n) is 6.49. The number of halogens is 3. The summed E-state index contributed by atoms with van der Waals surface area (Å²) in [5, 5.41) is 3.48. The van der Waals surface area contributed by atoms with Crippen LogP contribution in [0, 0.1) is 0 Å². The third kappa shape index (κ3) is 4.06. The van der Waals surface area contributed by atoms with Crippen LogP contribution in [0.2, 0.25) is 0 Å². The maximum atomic E-state index is 13.2. The highest BCUT2D eigenvalue weighted by molar-refractivity contribution is 8.00. The number of pyridine rings is 1. The number of aromatic nitrogens is 3. The normalized spacial score (nSPS) is 12.8. The molecule has 30 heavy (non-hydrogen) atoms. The number of alkyl halides is 3. The van der Waals surface area contributed by atoms with Gasteiger partial charge in [0.25, 0.3) is 0 Å². The van der Waals surface area contributed by atoms with Crippen molar-refractivity contribution in [1.82, 2.24) is 15.0 Å². The Kier molecular flexibility index (Phi) is 5.29. The molecule has 1 amide bonds. The summed E-state index contributed by atoms with van der Waals surface area (Å²) in [5.74, 6) is -1.58.